The predicted octanol–water partition coefficient (Wildman–Crippen LogP) is 13.2. The van der Waals surface area contributed by atoms with E-state index in [1.165, 1.54) is 33.4 Å². The predicted molar refractivity (Wildman–Crippen MR) is 220 cm³/mol. The van der Waals surface area contributed by atoms with E-state index in [-0.39, 0.29) is 5.41 Å². The first-order chi connectivity index (χ1) is 25.7. The Morgan fingerprint density at radius 1 is 0.415 bits per heavy atom. The number of aromatic nitrogens is 3. The molecule has 0 unspecified atom stereocenters. The summed E-state index contributed by atoms with van der Waals surface area (Å²) in [5.74, 6) is 1.79. The molecule has 2 aromatic heterocycles. The maximum Gasteiger partial charge on any atom is 0.167 e. The van der Waals surface area contributed by atoms with Gasteiger partial charge in [-0.05, 0) is 76.1 Å². The molecule has 7 aromatic carbocycles. The Morgan fingerprint density at radius 2 is 0.962 bits per heavy atom. The van der Waals surface area contributed by atoms with Crippen LogP contribution in [0.4, 0.5) is 0 Å². The number of hydrogen-bond donors (Lipinski definition) is 0. The van der Waals surface area contributed by atoms with Crippen molar-refractivity contribution in [1.29, 1.82) is 0 Å². The fourth-order valence-electron chi connectivity index (χ4n) is 7.52. The second-order valence-corrected chi connectivity index (χ2v) is 15.1. The van der Waals surface area contributed by atoms with Crippen LogP contribution < -0.4 is 0 Å². The molecular formula is C49H39N3O. The van der Waals surface area contributed by atoms with Gasteiger partial charge in [0.1, 0.15) is 11.2 Å². The highest BCUT2D eigenvalue weighted by molar-refractivity contribution is 6.09. The monoisotopic (exact) mass is 685 g/mol. The molecule has 0 aliphatic heterocycles. The number of nitrogens with zero attached hydrogens (tertiary/aromatic N) is 3. The van der Waals surface area contributed by atoms with Crippen LogP contribution in [0.2, 0.25) is 0 Å². The molecule has 0 saturated heterocycles. The summed E-state index contributed by atoms with van der Waals surface area (Å²) in [5.41, 5.74) is 12.9. The Balaban J connectivity index is 1.23. The van der Waals surface area contributed by atoms with E-state index in [1.807, 2.05) is 24.3 Å². The van der Waals surface area contributed by atoms with Gasteiger partial charge < -0.3 is 4.42 Å². The van der Waals surface area contributed by atoms with Gasteiger partial charge in [0, 0.05) is 21.9 Å². The Kier molecular flexibility index (Phi) is 7.78. The molecule has 0 aliphatic carbocycles. The van der Waals surface area contributed by atoms with Crippen LogP contribution in [0, 0.1) is 13.8 Å². The van der Waals surface area contributed by atoms with Crippen LogP contribution in [0.1, 0.15) is 37.5 Å². The number of aryl methyl sites for hydroxylation is 2. The minimum absolute atomic E-state index is 0.0885. The minimum atomic E-state index is 0.0885. The van der Waals surface area contributed by atoms with Gasteiger partial charge in [0.15, 0.2) is 17.5 Å². The zero-order valence-corrected chi connectivity index (χ0v) is 30.6. The van der Waals surface area contributed by atoms with Crippen molar-refractivity contribution >= 4 is 32.7 Å². The van der Waals surface area contributed by atoms with Crippen LogP contribution in [-0.4, -0.2) is 15.0 Å². The molecule has 9 rings (SSSR count). The molecule has 0 fully saturated rings. The molecule has 9 aromatic rings. The van der Waals surface area contributed by atoms with Gasteiger partial charge in [0.2, 0.25) is 0 Å². The summed E-state index contributed by atoms with van der Waals surface area (Å²) in [7, 11) is 0. The Labute approximate surface area is 309 Å². The zero-order chi connectivity index (χ0) is 36.3. The van der Waals surface area contributed by atoms with E-state index in [0.29, 0.717) is 17.5 Å². The van der Waals surface area contributed by atoms with Gasteiger partial charge in [0.05, 0.1) is 5.56 Å². The van der Waals surface area contributed by atoms with Crippen LogP contribution in [0.5, 0.6) is 0 Å². The molecule has 4 heteroatoms. The van der Waals surface area contributed by atoms with E-state index in [4.69, 9.17) is 19.4 Å². The van der Waals surface area contributed by atoms with Crippen LogP contribution >= 0.6 is 0 Å². The first-order valence-corrected chi connectivity index (χ1v) is 18.2. The van der Waals surface area contributed by atoms with Gasteiger partial charge in [-0.3, -0.25) is 0 Å². The summed E-state index contributed by atoms with van der Waals surface area (Å²) in [6, 6.07) is 51.4. The smallest absolute Gasteiger partial charge is 0.167 e. The quantitative estimate of drug-likeness (QED) is 0.181. The van der Waals surface area contributed by atoms with Crippen LogP contribution in [0.3, 0.4) is 0 Å². The van der Waals surface area contributed by atoms with Gasteiger partial charge in [-0.2, -0.15) is 0 Å². The molecule has 4 nitrogen and oxygen atoms in total. The highest BCUT2D eigenvalue weighted by Gasteiger charge is 2.20. The highest BCUT2D eigenvalue weighted by Crippen LogP contribution is 2.39. The van der Waals surface area contributed by atoms with E-state index >= 15 is 0 Å². The molecule has 0 aliphatic rings. The molecule has 53 heavy (non-hydrogen) atoms. The Hall–Kier alpha value is -6.39. The Morgan fingerprint density at radius 3 is 1.66 bits per heavy atom. The summed E-state index contributed by atoms with van der Waals surface area (Å²) >= 11 is 0. The molecule has 0 radical (unpaired) electrons. The average molecular weight is 686 g/mol. The molecular weight excluding hydrogens is 647 g/mol. The number of furan rings is 1. The molecule has 0 atom stereocenters. The van der Waals surface area contributed by atoms with Crippen LogP contribution in [0.25, 0.3) is 89.1 Å². The molecule has 0 bridgehead atoms. The lowest BCUT2D eigenvalue weighted by Crippen LogP contribution is -2.10. The lowest BCUT2D eigenvalue weighted by molar-refractivity contribution is 0.590. The number of benzene rings is 7. The third-order valence-electron chi connectivity index (χ3n) is 10.2. The number of rotatable bonds is 5. The molecule has 256 valence electrons. The third-order valence-corrected chi connectivity index (χ3v) is 10.2. The topological polar surface area (TPSA) is 51.8 Å². The van der Waals surface area contributed by atoms with E-state index in [0.717, 1.165) is 55.0 Å². The average Bonchev–Trinajstić information content (AvgIpc) is 3.56. The summed E-state index contributed by atoms with van der Waals surface area (Å²) in [6.45, 7) is 11.0. The van der Waals surface area contributed by atoms with Crippen molar-refractivity contribution < 1.29 is 4.42 Å². The van der Waals surface area contributed by atoms with Crippen LogP contribution in [-0.2, 0) is 5.41 Å². The van der Waals surface area contributed by atoms with Gasteiger partial charge >= 0.3 is 0 Å². The van der Waals surface area contributed by atoms with Crippen molar-refractivity contribution in [1.82, 2.24) is 15.0 Å². The van der Waals surface area contributed by atoms with Crippen molar-refractivity contribution in [3.05, 3.63) is 162 Å². The summed E-state index contributed by atoms with van der Waals surface area (Å²) < 4.78 is 6.48. The SMILES string of the molecule is Cc1cc(C)cc(-c2ccc(-c3nc(-c4ccc(-c5ccc(C(C)(C)C)cc5)c5ccccc45)nc(-c4cccc5c4oc4ccccc45)n3)cc2)c1. The van der Waals surface area contributed by atoms with E-state index < -0.39 is 0 Å². The molecule has 0 saturated carbocycles. The fourth-order valence-corrected chi connectivity index (χ4v) is 7.52. The molecule has 2 heterocycles. The van der Waals surface area contributed by atoms with Crippen molar-refractivity contribution in [3.8, 4) is 56.4 Å². The fraction of sp³-hybridized carbons (Fsp3) is 0.122. The minimum Gasteiger partial charge on any atom is -0.455 e. The second kappa shape index (κ2) is 12.7. The first kappa shape index (κ1) is 32.5. The number of para-hydroxylation sites is 2. The number of fused-ring (bicyclic) bond motifs is 4. The maximum atomic E-state index is 6.48. The van der Waals surface area contributed by atoms with Gasteiger partial charge in [-0.25, -0.2) is 15.0 Å². The third kappa shape index (κ3) is 5.96. The van der Waals surface area contributed by atoms with Crippen molar-refractivity contribution in [2.75, 3.05) is 0 Å². The van der Waals surface area contributed by atoms with Gasteiger partial charge in [0.25, 0.3) is 0 Å². The normalized spacial score (nSPS) is 11.9. The highest BCUT2D eigenvalue weighted by atomic mass is 16.3. The van der Waals surface area contributed by atoms with Crippen molar-refractivity contribution in [3.63, 3.8) is 0 Å². The Bertz CT molecular complexity index is 2800. The van der Waals surface area contributed by atoms with Crippen LogP contribution in [0.15, 0.2) is 150 Å². The molecule has 0 spiro atoms. The lowest BCUT2D eigenvalue weighted by Gasteiger charge is -2.19. The summed E-state index contributed by atoms with van der Waals surface area (Å²) in [4.78, 5) is 15.5. The second-order valence-electron chi connectivity index (χ2n) is 15.1. The van der Waals surface area contributed by atoms with Gasteiger partial charge in [-0.1, -0.05) is 159 Å². The van der Waals surface area contributed by atoms with E-state index in [9.17, 15) is 0 Å². The van der Waals surface area contributed by atoms with E-state index in [2.05, 4.69) is 156 Å². The summed E-state index contributed by atoms with van der Waals surface area (Å²) in [5, 5.41) is 4.33. The molecule has 0 N–H and O–H groups in total. The molecule has 0 amide bonds. The van der Waals surface area contributed by atoms with Gasteiger partial charge in [-0.15, -0.1) is 0 Å². The first-order valence-electron chi connectivity index (χ1n) is 18.2. The van der Waals surface area contributed by atoms with Crippen molar-refractivity contribution in [2.45, 2.75) is 40.0 Å². The summed E-state index contributed by atoms with van der Waals surface area (Å²) in [6.07, 6.45) is 0. The zero-order valence-electron chi connectivity index (χ0n) is 30.6. The van der Waals surface area contributed by atoms with Crippen molar-refractivity contribution in [2.24, 2.45) is 0 Å². The standard InChI is InChI=1S/C49H39N3O/c1-30-27-31(2)29-35(28-30)32-17-19-34(20-18-32)46-50-47(52-48(51-46)43-15-10-14-41-40-13-8-9-16-44(40)53-45(41)43)42-26-25-37(38-11-6-7-12-39(38)42)33-21-23-36(24-22-33)49(3,4)5/h6-29H,1-5H3. The largest absolute Gasteiger partial charge is 0.455 e. The number of hydrogen-bond acceptors (Lipinski definition) is 4. The van der Waals surface area contributed by atoms with E-state index in [1.54, 1.807) is 0 Å². The maximum absolute atomic E-state index is 6.48. The lowest BCUT2D eigenvalue weighted by atomic mass is 9.85.